The van der Waals surface area contributed by atoms with Crippen LogP contribution < -0.4 is 16.3 Å². The molecular weight excluding hydrogens is 672 g/mol. The highest BCUT2D eigenvalue weighted by Crippen LogP contribution is 2.37. The first-order valence-corrected chi connectivity index (χ1v) is 15.3. The van der Waals surface area contributed by atoms with Gasteiger partial charge in [0.2, 0.25) is 11.8 Å². The lowest BCUT2D eigenvalue weighted by molar-refractivity contribution is -0.336. The van der Waals surface area contributed by atoms with Crippen LogP contribution in [0.5, 0.6) is 0 Å². The van der Waals surface area contributed by atoms with Crippen molar-refractivity contribution in [2.75, 3.05) is 11.9 Å². The molecule has 0 spiro atoms. The van der Waals surface area contributed by atoms with E-state index in [9.17, 15) is 38.4 Å². The summed E-state index contributed by atoms with van der Waals surface area (Å²) in [6.45, 7) is 8.68. The van der Waals surface area contributed by atoms with Gasteiger partial charge in [-0.15, -0.1) is 0 Å². The normalized spacial score (nSPS) is 29.0. The third-order valence-corrected chi connectivity index (χ3v) is 7.14. The smallest absolute Gasteiger partial charge is 0.351 e. The van der Waals surface area contributed by atoms with E-state index in [-0.39, 0.29) is 5.82 Å². The molecule has 276 valence electrons. The second kappa shape index (κ2) is 17.1. The summed E-state index contributed by atoms with van der Waals surface area (Å²) in [5.41, 5.74) is -0.988. The molecule has 2 fully saturated rings. The molecule has 20 nitrogen and oxygen atoms in total. The topological polar surface area (TPSA) is 252 Å². The van der Waals surface area contributed by atoms with Crippen molar-refractivity contribution in [1.29, 1.82) is 0 Å². The van der Waals surface area contributed by atoms with Gasteiger partial charge < -0.3 is 48.5 Å². The van der Waals surface area contributed by atoms with Crippen LogP contribution in [-0.2, 0) is 71.5 Å². The Morgan fingerprint density at radius 1 is 0.740 bits per heavy atom. The number of nitrogens with zero attached hydrogens (tertiary/aromatic N) is 2. The standard InChI is InChI=1S/C30H40N4O16/c1-12-22(32-14(3)36)24(45-16(5)38)27(48-19(8)41)29(44-12)50-23-20(11-43-15(4)37)49-28(26(47-18(7)40)25(23)46-17(6)39)34-10-9-21(31-13(2)35)33-30(34)42/h9-10,12,20,22-29H,11H2,1-8H3,(H,32,36)(H,31,33,35,42). The Hall–Kier alpha value is -4.95. The molecule has 0 bridgehead atoms. The maximum absolute atomic E-state index is 13.2. The van der Waals surface area contributed by atoms with Gasteiger partial charge in [0.25, 0.3) is 0 Å². The van der Waals surface area contributed by atoms with Crippen LogP contribution >= 0.6 is 0 Å². The SMILES string of the molecule is CC(=O)Nc1ccn(C2OC(COC(C)=O)C(OC3OC(C)C(NC(C)=O)C(OC(C)=O)C3OC(C)=O)C(OC(C)=O)C2OC(C)=O)c(=O)n1. The summed E-state index contributed by atoms with van der Waals surface area (Å²) in [6, 6.07) is 0.214. The largest absolute Gasteiger partial charge is 0.463 e. The van der Waals surface area contributed by atoms with Crippen LogP contribution in [0, 0.1) is 0 Å². The van der Waals surface area contributed by atoms with Gasteiger partial charge >= 0.3 is 35.5 Å². The Morgan fingerprint density at radius 2 is 1.30 bits per heavy atom. The second-order valence-electron chi connectivity index (χ2n) is 11.4. The van der Waals surface area contributed by atoms with Crippen molar-refractivity contribution >= 4 is 47.5 Å². The van der Waals surface area contributed by atoms with E-state index in [1.54, 1.807) is 0 Å². The van der Waals surface area contributed by atoms with Gasteiger partial charge in [0.05, 0.1) is 12.1 Å². The van der Waals surface area contributed by atoms with Crippen molar-refractivity contribution < 1.29 is 71.5 Å². The van der Waals surface area contributed by atoms with Gasteiger partial charge in [0, 0.05) is 54.7 Å². The molecule has 0 saturated carbocycles. The minimum atomic E-state index is -1.65. The molecule has 3 rings (SSSR count). The molecule has 10 atom stereocenters. The van der Waals surface area contributed by atoms with Crippen molar-refractivity contribution in [3.8, 4) is 0 Å². The molecule has 2 aliphatic rings. The Bertz CT molecular complexity index is 1530. The van der Waals surface area contributed by atoms with E-state index in [1.165, 1.54) is 33.0 Å². The number of rotatable bonds is 11. The molecule has 10 unspecified atom stereocenters. The predicted molar refractivity (Wildman–Crippen MR) is 162 cm³/mol. The van der Waals surface area contributed by atoms with Crippen LogP contribution in [0.2, 0.25) is 0 Å². The first-order chi connectivity index (χ1) is 23.4. The minimum absolute atomic E-state index is 0.104. The lowest BCUT2D eigenvalue weighted by Crippen LogP contribution is -2.67. The average molecular weight is 713 g/mol. The Labute approximate surface area is 285 Å². The third-order valence-electron chi connectivity index (χ3n) is 7.14. The number of amides is 2. The van der Waals surface area contributed by atoms with E-state index in [4.69, 9.17) is 37.9 Å². The van der Waals surface area contributed by atoms with Crippen LogP contribution in [0.4, 0.5) is 5.82 Å². The predicted octanol–water partition coefficient (Wildman–Crippen LogP) is -0.976. The monoisotopic (exact) mass is 712 g/mol. The zero-order valence-electron chi connectivity index (χ0n) is 28.6. The molecule has 1 aromatic heterocycles. The molecule has 0 aliphatic carbocycles. The molecule has 2 aliphatic heterocycles. The summed E-state index contributed by atoms with van der Waals surface area (Å²) >= 11 is 0. The van der Waals surface area contributed by atoms with E-state index in [0.717, 1.165) is 39.2 Å². The van der Waals surface area contributed by atoms with Crippen LogP contribution in [0.25, 0.3) is 0 Å². The van der Waals surface area contributed by atoms with E-state index >= 15 is 0 Å². The molecule has 20 heteroatoms. The Morgan fingerprint density at radius 3 is 1.82 bits per heavy atom. The highest BCUT2D eigenvalue weighted by Gasteiger charge is 2.56. The van der Waals surface area contributed by atoms with Gasteiger partial charge in [-0.05, 0) is 13.0 Å². The first kappa shape index (κ1) is 39.5. The molecule has 2 saturated heterocycles. The molecule has 1 aromatic rings. The quantitative estimate of drug-likeness (QED) is 0.207. The van der Waals surface area contributed by atoms with E-state index in [0.29, 0.717) is 0 Å². The van der Waals surface area contributed by atoms with Gasteiger partial charge in [0.15, 0.2) is 36.9 Å². The van der Waals surface area contributed by atoms with Crippen molar-refractivity contribution in [3.63, 3.8) is 0 Å². The highest BCUT2D eigenvalue weighted by molar-refractivity contribution is 5.87. The summed E-state index contributed by atoms with van der Waals surface area (Å²) in [4.78, 5) is 102. The van der Waals surface area contributed by atoms with Crippen molar-refractivity contribution in [1.82, 2.24) is 14.9 Å². The molecule has 0 aromatic carbocycles. The van der Waals surface area contributed by atoms with Crippen molar-refractivity contribution in [2.45, 2.75) is 117 Å². The van der Waals surface area contributed by atoms with Gasteiger partial charge in [0.1, 0.15) is 24.6 Å². The second-order valence-corrected chi connectivity index (χ2v) is 11.4. The number of ether oxygens (including phenoxy) is 8. The van der Waals surface area contributed by atoms with Crippen LogP contribution in [0.15, 0.2) is 17.1 Å². The molecule has 50 heavy (non-hydrogen) atoms. The van der Waals surface area contributed by atoms with Gasteiger partial charge in [-0.25, -0.2) is 4.79 Å². The lowest BCUT2D eigenvalue weighted by atomic mass is 9.94. The number of esters is 5. The number of nitrogens with one attached hydrogen (secondary N) is 2. The molecule has 2 N–H and O–H groups in total. The zero-order chi connectivity index (χ0) is 37.4. The van der Waals surface area contributed by atoms with Crippen LogP contribution in [-0.4, -0.2) is 113 Å². The summed E-state index contributed by atoms with van der Waals surface area (Å²) < 4.78 is 46.7. The summed E-state index contributed by atoms with van der Waals surface area (Å²) in [5.74, 6) is -5.37. The number of carbonyl (C=O) groups is 7. The number of hydrogen-bond donors (Lipinski definition) is 2. The third kappa shape index (κ3) is 10.5. The number of carbonyl (C=O) groups excluding carboxylic acids is 7. The van der Waals surface area contributed by atoms with E-state index in [2.05, 4.69) is 15.6 Å². The number of anilines is 1. The zero-order valence-corrected chi connectivity index (χ0v) is 28.6. The Kier molecular flexibility index (Phi) is 13.5. The molecule has 2 amide bonds. The molecular formula is C30H40N4O16. The number of hydrogen-bond acceptors (Lipinski definition) is 17. The minimum Gasteiger partial charge on any atom is -0.463 e. The summed E-state index contributed by atoms with van der Waals surface area (Å²) in [5, 5.41) is 4.96. The van der Waals surface area contributed by atoms with E-state index in [1.807, 2.05) is 0 Å². The lowest BCUT2D eigenvalue weighted by Gasteiger charge is -2.49. The molecule has 3 heterocycles. The van der Waals surface area contributed by atoms with Crippen LogP contribution in [0.3, 0.4) is 0 Å². The maximum atomic E-state index is 13.2. The summed E-state index contributed by atoms with van der Waals surface area (Å²) in [6.07, 6.45) is -12.3. The van der Waals surface area contributed by atoms with E-state index < -0.39 is 115 Å². The number of aromatic nitrogens is 2. The maximum Gasteiger partial charge on any atom is 0.351 e. The van der Waals surface area contributed by atoms with Crippen molar-refractivity contribution in [2.24, 2.45) is 0 Å². The van der Waals surface area contributed by atoms with Gasteiger partial charge in [-0.1, -0.05) is 0 Å². The highest BCUT2D eigenvalue weighted by atomic mass is 16.7. The molecule has 0 radical (unpaired) electrons. The summed E-state index contributed by atoms with van der Waals surface area (Å²) in [7, 11) is 0. The average Bonchev–Trinajstić information content (AvgIpc) is 2.96. The van der Waals surface area contributed by atoms with Crippen LogP contribution in [0.1, 0.15) is 61.6 Å². The van der Waals surface area contributed by atoms with Gasteiger partial charge in [-0.3, -0.25) is 38.1 Å². The fourth-order valence-corrected chi connectivity index (χ4v) is 5.46. The Balaban J connectivity index is 2.18. The first-order valence-electron chi connectivity index (χ1n) is 15.3. The fraction of sp³-hybridized carbons (Fsp3) is 0.633. The fourth-order valence-electron chi connectivity index (χ4n) is 5.46. The van der Waals surface area contributed by atoms with Crippen molar-refractivity contribution in [3.05, 3.63) is 22.7 Å². The van der Waals surface area contributed by atoms with Gasteiger partial charge in [-0.2, -0.15) is 4.98 Å².